The molecule has 1 saturated carbocycles. The summed E-state index contributed by atoms with van der Waals surface area (Å²) in [6, 6.07) is 2.95. The van der Waals surface area contributed by atoms with E-state index in [2.05, 4.69) is 39.8 Å². The summed E-state index contributed by atoms with van der Waals surface area (Å²) in [7, 11) is -3.68. The molecule has 0 saturated heterocycles. The third-order valence-corrected chi connectivity index (χ3v) is 7.42. The van der Waals surface area contributed by atoms with Gasteiger partial charge in [0.15, 0.2) is 6.61 Å². The normalized spacial score (nSPS) is 27.1. The Hall–Kier alpha value is -1.12. The SMILES string of the molecule is CC1CCCC(NS(=O)(=O)c2cc3c(cc2Br)NC(=O)CO3)C1C. The molecular weight excluding hydrogens is 396 g/mol. The second kappa shape index (κ2) is 6.65. The molecule has 1 amide bonds. The molecule has 0 aromatic heterocycles. The van der Waals surface area contributed by atoms with E-state index in [0.717, 1.165) is 19.3 Å². The van der Waals surface area contributed by atoms with Crippen molar-refractivity contribution in [1.82, 2.24) is 4.72 Å². The minimum absolute atomic E-state index is 0.0673. The number of halogens is 1. The van der Waals surface area contributed by atoms with E-state index in [1.165, 1.54) is 6.07 Å². The van der Waals surface area contributed by atoms with Crippen LogP contribution >= 0.6 is 15.9 Å². The summed E-state index contributed by atoms with van der Waals surface area (Å²) in [5.74, 6) is 0.897. The molecule has 1 aliphatic carbocycles. The molecule has 1 aromatic rings. The zero-order valence-electron chi connectivity index (χ0n) is 13.6. The van der Waals surface area contributed by atoms with Crippen molar-refractivity contribution in [3.8, 4) is 5.75 Å². The molecule has 0 spiro atoms. The maximum atomic E-state index is 12.8. The van der Waals surface area contributed by atoms with E-state index in [9.17, 15) is 13.2 Å². The zero-order valence-corrected chi connectivity index (χ0v) is 16.0. The molecule has 1 heterocycles. The fraction of sp³-hybridized carbons (Fsp3) is 0.562. The number of sulfonamides is 1. The lowest BCUT2D eigenvalue weighted by Gasteiger charge is -2.34. The molecule has 1 aromatic carbocycles. The van der Waals surface area contributed by atoms with E-state index in [-0.39, 0.29) is 23.5 Å². The highest BCUT2D eigenvalue weighted by atomic mass is 79.9. The summed E-state index contributed by atoms with van der Waals surface area (Å²) in [5.41, 5.74) is 0.469. The highest BCUT2D eigenvalue weighted by molar-refractivity contribution is 9.10. The molecule has 0 radical (unpaired) electrons. The molecule has 1 fully saturated rings. The van der Waals surface area contributed by atoms with Gasteiger partial charge in [-0.1, -0.05) is 26.7 Å². The first-order chi connectivity index (χ1) is 11.3. The number of carbonyl (C=O) groups is 1. The van der Waals surface area contributed by atoms with Crippen LogP contribution in [-0.4, -0.2) is 27.0 Å². The van der Waals surface area contributed by atoms with Crippen LogP contribution < -0.4 is 14.8 Å². The summed E-state index contributed by atoms with van der Waals surface area (Å²) < 4.78 is 34.3. The van der Waals surface area contributed by atoms with Gasteiger partial charge in [0.25, 0.3) is 5.91 Å². The second-order valence-electron chi connectivity index (χ2n) is 6.61. The van der Waals surface area contributed by atoms with Gasteiger partial charge in [0, 0.05) is 16.6 Å². The summed E-state index contributed by atoms with van der Waals surface area (Å²) in [4.78, 5) is 11.5. The molecule has 8 heteroatoms. The third kappa shape index (κ3) is 3.45. The number of carbonyl (C=O) groups excluding carboxylic acids is 1. The number of benzene rings is 1. The molecule has 1 aliphatic heterocycles. The number of ether oxygens (including phenoxy) is 1. The van der Waals surface area contributed by atoms with Crippen molar-refractivity contribution in [3.63, 3.8) is 0 Å². The summed E-state index contributed by atoms with van der Waals surface area (Å²) in [6.45, 7) is 4.15. The average Bonchev–Trinajstić information content (AvgIpc) is 2.50. The standard InChI is InChI=1S/C16H21BrN2O4S/c1-9-4-3-5-12(10(9)2)19-24(21,22)15-7-14-13(6-11(15)17)18-16(20)8-23-14/h6-7,9-10,12,19H,3-5,8H2,1-2H3,(H,18,20). The first kappa shape index (κ1) is 17.7. The predicted octanol–water partition coefficient (Wildman–Crippen LogP) is 2.88. The number of hydrogen-bond acceptors (Lipinski definition) is 4. The van der Waals surface area contributed by atoms with Crippen LogP contribution in [0.2, 0.25) is 0 Å². The van der Waals surface area contributed by atoms with Gasteiger partial charge >= 0.3 is 0 Å². The first-order valence-corrected chi connectivity index (χ1v) is 10.3. The van der Waals surface area contributed by atoms with E-state index in [1.807, 2.05) is 0 Å². The van der Waals surface area contributed by atoms with Gasteiger partial charge < -0.3 is 10.1 Å². The molecular formula is C16H21BrN2O4S. The fourth-order valence-electron chi connectivity index (χ4n) is 3.30. The molecule has 6 nitrogen and oxygen atoms in total. The molecule has 24 heavy (non-hydrogen) atoms. The van der Waals surface area contributed by atoms with E-state index in [1.54, 1.807) is 6.07 Å². The van der Waals surface area contributed by atoms with Crippen molar-refractivity contribution < 1.29 is 17.9 Å². The number of nitrogens with one attached hydrogen (secondary N) is 2. The van der Waals surface area contributed by atoms with Crippen LogP contribution in [0.5, 0.6) is 5.75 Å². The van der Waals surface area contributed by atoms with Crippen LogP contribution in [0.3, 0.4) is 0 Å². The molecule has 2 aliphatic rings. The van der Waals surface area contributed by atoms with Crippen molar-refractivity contribution in [3.05, 3.63) is 16.6 Å². The molecule has 0 bridgehead atoms. The number of rotatable bonds is 3. The topological polar surface area (TPSA) is 84.5 Å². The lowest BCUT2D eigenvalue weighted by atomic mass is 9.78. The Morgan fingerprint density at radius 2 is 2.04 bits per heavy atom. The van der Waals surface area contributed by atoms with Crippen molar-refractivity contribution >= 4 is 37.5 Å². The number of amides is 1. The lowest BCUT2D eigenvalue weighted by Crippen LogP contribution is -2.43. The van der Waals surface area contributed by atoms with Gasteiger partial charge in [-0.05, 0) is 40.3 Å². The Bertz CT molecular complexity index is 766. The monoisotopic (exact) mass is 416 g/mol. The Labute approximate surface area is 150 Å². The summed E-state index contributed by atoms with van der Waals surface area (Å²) in [5, 5.41) is 2.66. The van der Waals surface area contributed by atoms with Crippen molar-refractivity contribution in [2.75, 3.05) is 11.9 Å². The fourth-order valence-corrected chi connectivity index (χ4v) is 5.72. The molecule has 3 unspecified atom stereocenters. The van der Waals surface area contributed by atoms with Gasteiger partial charge in [-0.15, -0.1) is 0 Å². The van der Waals surface area contributed by atoms with Crippen LogP contribution in [0, 0.1) is 11.8 Å². The van der Waals surface area contributed by atoms with Gasteiger partial charge in [-0.2, -0.15) is 0 Å². The van der Waals surface area contributed by atoms with Crippen LogP contribution in [0.4, 0.5) is 5.69 Å². The molecule has 3 atom stereocenters. The van der Waals surface area contributed by atoms with Crippen molar-refractivity contribution in [1.29, 1.82) is 0 Å². The highest BCUT2D eigenvalue weighted by Gasteiger charge is 2.32. The summed E-state index contributed by atoms with van der Waals surface area (Å²) >= 11 is 3.30. The molecule has 3 rings (SSSR count). The maximum absolute atomic E-state index is 12.8. The van der Waals surface area contributed by atoms with Crippen LogP contribution in [0.25, 0.3) is 0 Å². The van der Waals surface area contributed by atoms with Gasteiger partial charge in [0.05, 0.1) is 5.69 Å². The Morgan fingerprint density at radius 1 is 1.29 bits per heavy atom. The quantitative estimate of drug-likeness (QED) is 0.792. The van der Waals surface area contributed by atoms with Crippen LogP contribution in [-0.2, 0) is 14.8 Å². The van der Waals surface area contributed by atoms with Crippen LogP contribution in [0.1, 0.15) is 33.1 Å². The maximum Gasteiger partial charge on any atom is 0.262 e. The van der Waals surface area contributed by atoms with E-state index < -0.39 is 10.0 Å². The van der Waals surface area contributed by atoms with E-state index >= 15 is 0 Å². The zero-order chi connectivity index (χ0) is 17.5. The minimum atomic E-state index is -3.68. The average molecular weight is 417 g/mol. The van der Waals surface area contributed by atoms with Crippen molar-refractivity contribution in [2.45, 2.75) is 44.0 Å². The Kier molecular flexibility index (Phi) is 4.90. The molecule has 132 valence electrons. The minimum Gasteiger partial charge on any atom is -0.482 e. The highest BCUT2D eigenvalue weighted by Crippen LogP contribution is 2.37. The van der Waals surface area contributed by atoms with E-state index in [0.29, 0.717) is 27.7 Å². The second-order valence-corrected chi connectivity index (χ2v) is 9.15. The number of fused-ring (bicyclic) bond motifs is 1. The first-order valence-electron chi connectivity index (χ1n) is 8.06. The van der Waals surface area contributed by atoms with Gasteiger partial charge in [0.2, 0.25) is 10.0 Å². The summed E-state index contributed by atoms with van der Waals surface area (Å²) in [6.07, 6.45) is 3.01. The largest absolute Gasteiger partial charge is 0.482 e. The molecule has 2 N–H and O–H groups in total. The lowest BCUT2D eigenvalue weighted by molar-refractivity contribution is -0.118. The smallest absolute Gasteiger partial charge is 0.262 e. The predicted molar refractivity (Wildman–Crippen MR) is 94.6 cm³/mol. The third-order valence-electron chi connectivity index (χ3n) is 4.97. The van der Waals surface area contributed by atoms with Gasteiger partial charge in [-0.3, -0.25) is 4.79 Å². The van der Waals surface area contributed by atoms with Gasteiger partial charge in [0.1, 0.15) is 10.6 Å². The van der Waals surface area contributed by atoms with Gasteiger partial charge in [-0.25, -0.2) is 13.1 Å². The number of hydrogen-bond donors (Lipinski definition) is 2. The number of anilines is 1. The Morgan fingerprint density at radius 3 is 2.79 bits per heavy atom. The Balaban J connectivity index is 1.88. The van der Waals surface area contributed by atoms with Crippen molar-refractivity contribution in [2.24, 2.45) is 11.8 Å². The van der Waals surface area contributed by atoms with E-state index in [4.69, 9.17) is 4.74 Å². The van der Waals surface area contributed by atoms with Crippen LogP contribution in [0.15, 0.2) is 21.5 Å².